The highest BCUT2D eigenvalue weighted by Crippen LogP contribution is 2.30. The summed E-state index contributed by atoms with van der Waals surface area (Å²) in [6.45, 7) is 4.19. The predicted molar refractivity (Wildman–Crippen MR) is 120 cm³/mol. The Balaban J connectivity index is 1.09. The molecular weight excluding hydrogens is 425 g/mol. The topological polar surface area (TPSA) is 81.5 Å². The fourth-order valence-corrected chi connectivity index (χ4v) is 5.24. The van der Waals surface area contributed by atoms with Crippen LogP contribution >= 0.6 is 0 Å². The van der Waals surface area contributed by atoms with Crippen LogP contribution in [0, 0.1) is 5.82 Å². The molecule has 2 aromatic heterocycles. The molecule has 8 nitrogen and oxygen atoms in total. The van der Waals surface area contributed by atoms with Gasteiger partial charge in [0.25, 0.3) is 5.56 Å². The van der Waals surface area contributed by atoms with Crippen molar-refractivity contribution >= 4 is 11.0 Å². The molecule has 172 valence electrons. The Hall–Kier alpha value is -3.04. The van der Waals surface area contributed by atoms with Gasteiger partial charge in [-0.15, -0.1) is 0 Å². The molecule has 5 heterocycles. The molecule has 1 atom stereocenters. The third kappa shape index (κ3) is 3.85. The summed E-state index contributed by atoms with van der Waals surface area (Å²) < 4.78 is 27.5. The number of hydrogen-bond donors (Lipinski definition) is 1. The molecule has 1 unspecified atom stereocenters. The van der Waals surface area contributed by atoms with Crippen LogP contribution in [0.5, 0.6) is 11.5 Å². The van der Waals surface area contributed by atoms with Crippen molar-refractivity contribution < 1.29 is 13.9 Å². The number of aromatic nitrogens is 3. The minimum Gasteiger partial charge on any atom is -0.486 e. The summed E-state index contributed by atoms with van der Waals surface area (Å²) in [6, 6.07) is 5.55. The summed E-state index contributed by atoms with van der Waals surface area (Å²) in [5, 5.41) is 3.61. The first-order chi connectivity index (χ1) is 16.2. The zero-order valence-electron chi connectivity index (χ0n) is 18.3. The lowest BCUT2D eigenvalue weighted by Gasteiger charge is -2.40. The van der Waals surface area contributed by atoms with E-state index in [2.05, 4.69) is 20.2 Å². The fourth-order valence-electron chi connectivity index (χ4n) is 5.24. The lowest BCUT2D eigenvalue weighted by molar-refractivity contribution is 0.126. The smallest absolute Gasteiger partial charge is 0.269 e. The normalized spacial score (nSPS) is 20.8. The summed E-state index contributed by atoms with van der Waals surface area (Å²) >= 11 is 0. The van der Waals surface area contributed by atoms with E-state index in [4.69, 9.17) is 9.47 Å². The standard InChI is InChI=1S/C24H26FN5O3/c25-19-1-2-20-24-18(19)10-17(14-30(24)23(31)13-28-20)29-5-3-15(4-6-29)26-11-16-9-21-22(12-27-16)33-8-7-32-21/h1-2,9,12-13,15,17,26H,3-8,10-11,14H2. The Morgan fingerprint density at radius 1 is 1.09 bits per heavy atom. The van der Waals surface area contributed by atoms with E-state index >= 15 is 0 Å². The number of pyridine rings is 1. The van der Waals surface area contributed by atoms with E-state index in [1.165, 1.54) is 12.3 Å². The number of nitrogens with zero attached hydrogens (tertiary/aromatic N) is 4. The minimum atomic E-state index is -0.253. The number of nitrogens with one attached hydrogen (secondary N) is 1. The van der Waals surface area contributed by atoms with Gasteiger partial charge in [0.1, 0.15) is 19.0 Å². The van der Waals surface area contributed by atoms with Crippen LogP contribution in [-0.2, 0) is 19.5 Å². The van der Waals surface area contributed by atoms with Gasteiger partial charge < -0.3 is 19.4 Å². The molecule has 0 saturated carbocycles. The maximum Gasteiger partial charge on any atom is 0.269 e. The van der Waals surface area contributed by atoms with Crippen molar-refractivity contribution in [2.45, 2.75) is 44.4 Å². The number of piperidine rings is 1. The van der Waals surface area contributed by atoms with Gasteiger partial charge in [0, 0.05) is 36.8 Å². The molecule has 0 bridgehead atoms. The van der Waals surface area contributed by atoms with Gasteiger partial charge in [-0.25, -0.2) is 9.37 Å². The minimum absolute atomic E-state index is 0.109. The Bertz CT molecular complexity index is 1250. The molecule has 1 aromatic carbocycles. The van der Waals surface area contributed by atoms with Gasteiger partial charge in [-0.1, -0.05) is 0 Å². The molecule has 1 saturated heterocycles. The lowest BCUT2D eigenvalue weighted by atomic mass is 9.95. The zero-order valence-corrected chi connectivity index (χ0v) is 18.3. The van der Waals surface area contributed by atoms with Crippen molar-refractivity contribution in [2.24, 2.45) is 0 Å². The van der Waals surface area contributed by atoms with E-state index in [9.17, 15) is 9.18 Å². The number of rotatable bonds is 4. The van der Waals surface area contributed by atoms with Gasteiger partial charge in [-0.3, -0.25) is 14.7 Å². The first-order valence-electron chi connectivity index (χ1n) is 11.5. The van der Waals surface area contributed by atoms with E-state index in [-0.39, 0.29) is 17.4 Å². The zero-order chi connectivity index (χ0) is 22.4. The van der Waals surface area contributed by atoms with Crippen LogP contribution in [0.15, 0.2) is 35.4 Å². The second-order valence-electron chi connectivity index (χ2n) is 8.97. The molecule has 0 amide bonds. The van der Waals surface area contributed by atoms with Crippen molar-refractivity contribution in [1.29, 1.82) is 0 Å². The lowest BCUT2D eigenvalue weighted by Crippen LogP contribution is -2.50. The van der Waals surface area contributed by atoms with E-state index < -0.39 is 0 Å². The molecule has 0 spiro atoms. The fraction of sp³-hybridized carbons (Fsp3) is 0.458. The van der Waals surface area contributed by atoms with Gasteiger partial charge in [0.2, 0.25) is 0 Å². The van der Waals surface area contributed by atoms with Crippen LogP contribution in [0.1, 0.15) is 24.1 Å². The third-order valence-electron chi connectivity index (χ3n) is 6.99. The molecule has 1 N–H and O–H groups in total. The van der Waals surface area contributed by atoms with Crippen molar-refractivity contribution in [3.8, 4) is 11.5 Å². The number of ether oxygens (including phenoxy) is 2. The van der Waals surface area contributed by atoms with Crippen LogP contribution in [0.25, 0.3) is 11.0 Å². The number of likely N-dealkylation sites (tertiary alicyclic amines) is 1. The average molecular weight is 452 g/mol. The summed E-state index contributed by atoms with van der Waals surface area (Å²) in [5.74, 6) is 1.21. The molecule has 0 aliphatic carbocycles. The Morgan fingerprint density at radius 3 is 2.76 bits per heavy atom. The Morgan fingerprint density at radius 2 is 1.91 bits per heavy atom. The molecule has 1 fully saturated rings. The van der Waals surface area contributed by atoms with Gasteiger partial charge in [-0.05, 0) is 44.5 Å². The molecular formula is C24H26FN5O3. The molecule has 3 aromatic rings. The molecule has 0 radical (unpaired) electrons. The van der Waals surface area contributed by atoms with E-state index in [1.54, 1.807) is 16.8 Å². The van der Waals surface area contributed by atoms with Gasteiger partial charge in [0.05, 0.1) is 29.1 Å². The molecule has 3 aliphatic heterocycles. The predicted octanol–water partition coefficient (Wildman–Crippen LogP) is 1.88. The van der Waals surface area contributed by atoms with Crippen LogP contribution in [-0.4, -0.2) is 57.8 Å². The first kappa shape index (κ1) is 20.6. The van der Waals surface area contributed by atoms with Gasteiger partial charge in [0.15, 0.2) is 11.5 Å². The number of halogens is 1. The summed E-state index contributed by atoms with van der Waals surface area (Å²) in [5.41, 5.74) is 2.71. The molecule has 9 heteroatoms. The number of fused-ring (bicyclic) bond motifs is 1. The largest absolute Gasteiger partial charge is 0.486 e. The van der Waals surface area contributed by atoms with Gasteiger partial charge >= 0.3 is 0 Å². The van der Waals surface area contributed by atoms with E-state index in [0.717, 1.165) is 37.4 Å². The average Bonchev–Trinajstić information content (AvgIpc) is 2.86. The second kappa shape index (κ2) is 8.39. The van der Waals surface area contributed by atoms with E-state index in [0.29, 0.717) is 61.1 Å². The van der Waals surface area contributed by atoms with Crippen molar-refractivity contribution in [1.82, 2.24) is 24.8 Å². The van der Waals surface area contributed by atoms with E-state index in [1.807, 2.05) is 6.07 Å². The molecule has 6 rings (SSSR count). The highest BCUT2D eigenvalue weighted by atomic mass is 19.1. The van der Waals surface area contributed by atoms with Gasteiger partial charge in [-0.2, -0.15) is 0 Å². The van der Waals surface area contributed by atoms with Crippen LogP contribution < -0.4 is 20.3 Å². The SMILES string of the molecule is O=c1cnc2ccc(F)c3c2n1CC(N1CCC(NCc2cc4c(cn2)OCCO4)CC1)C3. The summed E-state index contributed by atoms with van der Waals surface area (Å²) in [7, 11) is 0. The maximum absolute atomic E-state index is 14.6. The third-order valence-corrected chi connectivity index (χ3v) is 6.99. The monoisotopic (exact) mass is 451 g/mol. The van der Waals surface area contributed by atoms with Crippen LogP contribution in [0.2, 0.25) is 0 Å². The quantitative estimate of drug-likeness (QED) is 0.649. The summed E-state index contributed by atoms with van der Waals surface area (Å²) in [6.07, 6.45) is 5.66. The van der Waals surface area contributed by atoms with Crippen LogP contribution in [0.4, 0.5) is 4.39 Å². The Labute approximate surface area is 190 Å². The van der Waals surface area contributed by atoms with Crippen LogP contribution in [0.3, 0.4) is 0 Å². The summed E-state index contributed by atoms with van der Waals surface area (Å²) in [4.78, 5) is 23.5. The highest BCUT2D eigenvalue weighted by molar-refractivity contribution is 5.79. The number of hydrogen-bond acceptors (Lipinski definition) is 7. The first-order valence-corrected chi connectivity index (χ1v) is 11.5. The molecule has 33 heavy (non-hydrogen) atoms. The number of benzene rings is 1. The van der Waals surface area contributed by atoms with Crippen molar-refractivity contribution in [3.63, 3.8) is 0 Å². The second-order valence-corrected chi connectivity index (χ2v) is 8.97. The highest BCUT2D eigenvalue weighted by Gasteiger charge is 2.31. The van der Waals surface area contributed by atoms with Crippen molar-refractivity contribution in [3.05, 3.63) is 58.0 Å². The maximum atomic E-state index is 14.6. The Kier molecular flexibility index (Phi) is 5.22. The molecule has 3 aliphatic rings. The van der Waals surface area contributed by atoms with Crippen molar-refractivity contribution in [2.75, 3.05) is 26.3 Å².